The number of aromatic nitrogens is 2. The van der Waals surface area contributed by atoms with E-state index in [0.29, 0.717) is 0 Å². The van der Waals surface area contributed by atoms with Gasteiger partial charge >= 0.3 is 19.4 Å². The smallest absolute Gasteiger partial charge is 0.459 e. The number of benzene rings is 1. The third kappa shape index (κ3) is 7.94. The van der Waals surface area contributed by atoms with Gasteiger partial charge in [-0.15, -0.1) is 0 Å². The van der Waals surface area contributed by atoms with Crippen LogP contribution in [0, 0.1) is 10.1 Å². The molecule has 0 aliphatic carbocycles. The van der Waals surface area contributed by atoms with Gasteiger partial charge in [-0.05, 0) is 37.0 Å². The molecular formula is C22H26BrN4O11P. The van der Waals surface area contributed by atoms with E-state index in [1.807, 2.05) is 0 Å². The maximum Gasteiger partial charge on any atom is 0.459 e. The number of hydrogen-bond donors (Lipinski definition) is 3. The van der Waals surface area contributed by atoms with Crippen LogP contribution >= 0.6 is 23.7 Å². The van der Waals surface area contributed by atoms with Gasteiger partial charge in [-0.1, -0.05) is 15.9 Å². The van der Waals surface area contributed by atoms with Gasteiger partial charge in [-0.3, -0.25) is 33.8 Å². The van der Waals surface area contributed by atoms with Crippen LogP contribution in [0.25, 0.3) is 6.08 Å². The van der Waals surface area contributed by atoms with Gasteiger partial charge in [0.05, 0.1) is 29.8 Å². The van der Waals surface area contributed by atoms with Crippen LogP contribution in [-0.2, 0) is 23.4 Å². The highest BCUT2D eigenvalue weighted by molar-refractivity contribution is 9.11. The van der Waals surface area contributed by atoms with Crippen molar-refractivity contribution in [2.45, 2.75) is 44.7 Å². The van der Waals surface area contributed by atoms with E-state index in [9.17, 15) is 34.2 Å². The molecule has 39 heavy (non-hydrogen) atoms. The predicted molar refractivity (Wildman–Crippen MR) is 140 cm³/mol. The molecule has 5 atom stereocenters. The minimum atomic E-state index is -4.36. The quantitative estimate of drug-likeness (QED) is 0.133. The van der Waals surface area contributed by atoms with Crippen LogP contribution < -0.4 is 20.9 Å². The van der Waals surface area contributed by atoms with E-state index in [-0.39, 0.29) is 30.0 Å². The Bertz CT molecular complexity index is 1380. The van der Waals surface area contributed by atoms with Crippen LogP contribution in [0.1, 0.15) is 32.1 Å². The Hall–Kier alpha value is -3.14. The molecule has 17 heteroatoms. The number of nitrogens with one attached hydrogen (secondary N) is 2. The number of hydrogen-bond acceptors (Lipinski definition) is 11. The summed E-state index contributed by atoms with van der Waals surface area (Å²) in [5, 5.41) is 23.9. The van der Waals surface area contributed by atoms with Crippen molar-refractivity contribution < 1.29 is 37.9 Å². The topological polar surface area (TPSA) is 201 Å². The van der Waals surface area contributed by atoms with Gasteiger partial charge in [-0.25, -0.2) is 9.36 Å². The second-order valence-electron chi connectivity index (χ2n) is 8.21. The lowest BCUT2D eigenvalue weighted by atomic mass is 10.2. The van der Waals surface area contributed by atoms with E-state index in [0.717, 1.165) is 16.7 Å². The van der Waals surface area contributed by atoms with Crippen molar-refractivity contribution in [3.05, 3.63) is 72.0 Å². The highest BCUT2D eigenvalue weighted by Crippen LogP contribution is 2.46. The molecule has 2 unspecified atom stereocenters. The van der Waals surface area contributed by atoms with E-state index in [1.54, 1.807) is 6.92 Å². The molecule has 15 nitrogen and oxygen atoms in total. The number of ether oxygens (including phenoxy) is 2. The Morgan fingerprint density at radius 1 is 1.41 bits per heavy atom. The summed E-state index contributed by atoms with van der Waals surface area (Å²) in [6, 6.07) is 3.51. The number of rotatable bonds is 12. The summed E-state index contributed by atoms with van der Waals surface area (Å²) in [6.45, 7) is 2.53. The Kier molecular flexibility index (Phi) is 10.4. The van der Waals surface area contributed by atoms with Crippen LogP contribution in [0.15, 0.2) is 45.0 Å². The molecule has 0 bridgehead atoms. The molecule has 0 radical (unpaired) electrons. The third-order valence-electron chi connectivity index (χ3n) is 5.43. The van der Waals surface area contributed by atoms with E-state index in [1.165, 1.54) is 36.3 Å². The van der Waals surface area contributed by atoms with Crippen LogP contribution in [0.5, 0.6) is 5.75 Å². The first kappa shape index (κ1) is 30.4. The van der Waals surface area contributed by atoms with Gasteiger partial charge in [0.25, 0.3) is 11.2 Å². The fourth-order valence-corrected chi connectivity index (χ4v) is 5.31. The molecular weight excluding hydrogens is 607 g/mol. The molecule has 1 aliphatic rings. The Morgan fingerprint density at radius 2 is 2.10 bits per heavy atom. The normalized spacial score (nSPS) is 21.4. The number of nitro groups is 1. The molecule has 1 aromatic carbocycles. The first-order valence-corrected chi connectivity index (χ1v) is 14.0. The van der Waals surface area contributed by atoms with Gasteiger partial charge < -0.3 is 19.1 Å². The number of carbonyl (C=O) groups is 1. The van der Waals surface area contributed by atoms with Gasteiger partial charge in [0, 0.05) is 24.8 Å². The summed E-state index contributed by atoms with van der Waals surface area (Å²) < 4.78 is 36.3. The van der Waals surface area contributed by atoms with Crippen molar-refractivity contribution in [3.8, 4) is 5.75 Å². The zero-order valence-electron chi connectivity index (χ0n) is 20.7. The molecule has 212 valence electrons. The number of aliphatic hydroxyl groups excluding tert-OH is 1. The lowest BCUT2D eigenvalue weighted by Gasteiger charge is -2.24. The van der Waals surface area contributed by atoms with Crippen LogP contribution in [0.2, 0.25) is 0 Å². The number of aliphatic hydroxyl groups is 1. The number of non-ortho nitro benzene ring substituents is 1. The predicted octanol–water partition coefficient (Wildman–Crippen LogP) is 2.20. The molecule has 0 saturated carbocycles. The van der Waals surface area contributed by atoms with Gasteiger partial charge in [0.1, 0.15) is 24.1 Å². The SMILES string of the molecule is CCOC(=O)[C@H](C)NP(=O)(OCC1O[C@@H](n2cc(/C=C/Br)c(=O)[nH]c2=O)C[C@H]1O)Oc1ccc([N+](=O)[O-])cc1. The molecule has 1 saturated heterocycles. The highest BCUT2D eigenvalue weighted by Gasteiger charge is 2.39. The molecule has 3 N–H and O–H groups in total. The minimum absolute atomic E-state index is 0.0579. The monoisotopic (exact) mass is 632 g/mol. The second-order valence-corrected chi connectivity index (χ2v) is 10.4. The van der Waals surface area contributed by atoms with Gasteiger partial charge in [0.2, 0.25) is 0 Å². The number of H-pyrrole nitrogens is 1. The van der Waals surface area contributed by atoms with Crippen molar-refractivity contribution in [1.29, 1.82) is 0 Å². The lowest BCUT2D eigenvalue weighted by molar-refractivity contribution is -0.384. The molecule has 1 aliphatic heterocycles. The summed E-state index contributed by atoms with van der Waals surface area (Å²) in [7, 11) is -4.36. The van der Waals surface area contributed by atoms with Crippen LogP contribution in [0.3, 0.4) is 0 Å². The van der Waals surface area contributed by atoms with Crippen LogP contribution in [-0.4, -0.2) is 57.0 Å². The van der Waals surface area contributed by atoms with Crippen molar-refractivity contribution in [2.24, 2.45) is 0 Å². The number of halogens is 1. The summed E-state index contributed by atoms with van der Waals surface area (Å²) in [5.74, 6) is -0.804. The molecule has 0 amide bonds. The largest absolute Gasteiger partial charge is 0.465 e. The summed E-state index contributed by atoms with van der Waals surface area (Å²) in [5.41, 5.74) is -1.45. The standard InChI is InChI=1S/C22H26BrN4O11P/c1-3-35-21(30)13(2)25-39(34,38-16-6-4-15(5-7-16)27(32)33)36-12-18-17(28)10-19(37-18)26-11-14(8-9-23)20(29)24-22(26)31/h4-9,11,13,17-19,28H,3,10,12H2,1-2H3,(H,25,34)(H,24,29,31)/b9-8+/t13-,17+,18?,19+,39?/m0/s1. The molecule has 1 aromatic heterocycles. The zero-order chi connectivity index (χ0) is 28.7. The first-order valence-electron chi connectivity index (χ1n) is 11.5. The number of carbonyl (C=O) groups excluding carboxylic acids is 1. The molecule has 2 aromatic rings. The highest BCUT2D eigenvalue weighted by atomic mass is 79.9. The summed E-state index contributed by atoms with van der Waals surface area (Å²) in [6.07, 6.45) is -0.607. The van der Waals surface area contributed by atoms with Crippen molar-refractivity contribution in [2.75, 3.05) is 13.2 Å². The number of nitrogens with zero attached hydrogens (tertiary/aromatic N) is 2. The fourth-order valence-electron chi connectivity index (χ4n) is 3.52. The van der Waals surface area contributed by atoms with E-state index in [4.69, 9.17) is 18.5 Å². The molecule has 3 rings (SSSR count). The van der Waals surface area contributed by atoms with Crippen molar-refractivity contribution in [3.63, 3.8) is 0 Å². The maximum atomic E-state index is 13.6. The fraction of sp³-hybridized carbons (Fsp3) is 0.409. The first-order chi connectivity index (χ1) is 18.5. The third-order valence-corrected chi connectivity index (χ3v) is 7.33. The van der Waals surface area contributed by atoms with E-state index in [2.05, 4.69) is 26.0 Å². The lowest BCUT2D eigenvalue weighted by Crippen LogP contribution is -2.36. The Labute approximate surface area is 229 Å². The number of aromatic amines is 1. The van der Waals surface area contributed by atoms with Crippen molar-refractivity contribution >= 4 is 41.4 Å². The van der Waals surface area contributed by atoms with Crippen LogP contribution in [0.4, 0.5) is 5.69 Å². The summed E-state index contributed by atoms with van der Waals surface area (Å²) in [4.78, 5) is 50.3. The van der Waals surface area contributed by atoms with Gasteiger partial charge in [-0.2, -0.15) is 5.09 Å². The minimum Gasteiger partial charge on any atom is -0.465 e. The Balaban J connectivity index is 1.78. The average molecular weight is 633 g/mol. The summed E-state index contributed by atoms with van der Waals surface area (Å²) >= 11 is 3.06. The van der Waals surface area contributed by atoms with Crippen molar-refractivity contribution in [1.82, 2.24) is 14.6 Å². The van der Waals surface area contributed by atoms with E-state index >= 15 is 0 Å². The second kappa shape index (κ2) is 13.3. The average Bonchev–Trinajstić information content (AvgIpc) is 3.25. The zero-order valence-corrected chi connectivity index (χ0v) is 23.2. The molecule has 2 heterocycles. The molecule has 1 fully saturated rings. The number of nitro benzene ring substituents is 1. The van der Waals surface area contributed by atoms with E-state index < -0.39 is 61.0 Å². The maximum absolute atomic E-state index is 13.6. The molecule has 0 spiro atoms. The number of esters is 1. The Morgan fingerprint density at radius 3 is 2.72 bits per heavy atom. The van der Waals surface area contributed by atoms with Gasteiger partial charge in [0.15, 0.2) is 0 Å².